The van der Waals surface area contributed by atoms with Crippen LogP contribution in [0.2, 0.25) is 5.02 Å². The molecule has 1 N–H and O–H groups in total. The van der Waals surface area contributed by atoms with Crippen molar-refractivity contribution < 1.29 is 22.7 Å². The lowest BCUT2D eigenvalue weighted by molar-refractivity contribution is -0.142. The highest BCUT2D eigenvalue weighted by Gasteiger charge is 2.32. The number of ether oxygens (including phenoxy) is 1. The minimum absolute atomic E-state index is 0.0241. The van der Waals surface area contributed by atoms with Gasteiger partial charge in [0.15, 0.2) is 0 Å². The molecule has 2 aliphatic heterocycles. The molecule has 2 aromatic rings. The number of sulfonamides is 1. The predicted octanol–water partition coefficient (Wildman–Crippen LogP) is 2.28. The van der Waals surface area contributed by atoms with Gasteiger partial charge in [0.25, 0.3) is 11.8 Å². The minimum Gasteiger partial charge on any atom is -0.368 e. The summed E-state index contributed by atoms with van der Waals surface area (Å²) < 4.78 is 33.7. The molecule has 0 aromatic heterocycles. The van der Waals surface area contributed by atoms with E-state index in [1.54, 1.807) is 9.80 Å². The van der Waals surface area contributed by atoms with E-state index in [0.29, 0.717) is 32.8 Å². The molecule has 0 aliphatic carbocycles. The van der Waals surface area contributed by atoms with Gasteiger partial charge in [-0.15, -0.1) is 0 Å². The first-order valence-corrected chi connectivity index (χ1v) is 12.7. The third kappa shape index (κ3) is 5.55. The van der Waals surface area contributed by atoms with Gasteiger partial charge in [0.05, 0.1) is 5.02 Å². The van der Waals surface area contributed by atoms with Gasteiger partial charge in [-0.05, 0) is 36.6 Å². The van der Waals surface area contributed by atoms with Gasteiger partial charge in [-0.3, -0.25) is 9.59 Å². The SMILES string of the molecule is O=C(c1ccc(Cl)c(S(=O)(=O)NCc2ccccc2)c1)N1CCN(C(=O)C2CCCO2)CC1. The number of hydrogen-bond donors (Lipinski definition) is 1. The Kier molecular flexibility index (Phi) is 7.33. The Labute approximate surface area is 198 Å². The Morgan fingerprint density at radius 2 is 1.73 bits per heavy atom. The van der Waals surface area contributed by atoms with Crippen LogP contribution in [0.15, 0.2) is 53.4 Å². The van der Waals surface area contributed by atoms with Crippen LogP contribution in [0.4, 0.5) is 0 Å². The molecule has 176 valence electrons. The molecule has 1 atom stereocenters. The van der Waals surface area contributed by atoms with Gasteiger partial charge in [-0.25, -0.2) is 13.1 Å². The Morgan fingerprint density at radius 3 is 2.39 bits per heavy atom. The third-order valence-corrected chi connectivity index (χ3v) is 7.74. The zero-order valence-electron chi connectivity index (χ0n) is 18.1. The lowest BCUT2D eigenvalue weighted by Crippen LogP contribution is -2.52. The number of hydrogen-bond acceptors (Lipinski definition) is 5. The standard InChI is InChI=1S/C23H26ClN3O5S/c24-19-9-8-18(15-21(19)33(30,31)25-16-17-5-2-1-3-6-17)22(28)26-10-12-27(13-11-26)23(29)20-7-4-14-32-20/h1-3,5-6,8-9,15,20,25H,4,7,10-14,16H2. The Hall–Kier alpha value is -2.46. The summed E-state index contributed by atoms with van der Waals surface area (Å²) in [6, 6.07) is 13.4. The first kappa shape index (κ1) is 23.7. The second-order valence-electron chi connectivity index (χ2n) is 8.07. The zero-order valence-corrected chi connectivity index (χ0v) is 19.6. The van der Waals surface area contributed by atoms with Crippen LogP contribution >= 0.6 is 11.6 Å². The van der Waals surface area contributed by atoms with E-state index in [1.165, 1.54) is 18.2 Å². The van der Waals surface area contributed by atoms with Crippen LogP contribution in [0.5, 0.6) is 0 Å². The van der Waals surface area contributed by atoms with Gasteiger partial charge < -0.3 is 14.5 Å². The largest absolute Gasteiger partial charge is 0.368 e. The monoisotopic (exact) mass is 491 g/mol. The fourth-order valence-electron chi connectivity index (χ4n) is 3.98. The van der Waals surface area contributed by atoms with Crippen molar-refractivity contribution in [1.82, 2.24) is 14.5 Å². The van der Waals surface area contributed by atoms with E-state index in [0.717, 1.165) is 18.4 Å². The number of amides is 2. The number of carbonyl (C=O) groups is 2. The first-order valence-electron chi connectivity index (χ1n) is 10.9. The maximum atomic E-state index is 13.0. The average molecular weight is 492 g/mol. The fraction of sp³-hybridized carbons (Fsp3) is 0.391. The molecule has 0 radical (unpaired) electrons. The Balaban J connectivity index is 1.41. The highest BCUT2D eigenvalue weighted by molar-refractivity contribution is 7.89. The maximum absolute atomic E-state index is 13.0. The van der Waals surface area contributed by atoms with Gasteiger partial charge in [-0.2, -0.15) is 0 Å². The van der Waals surface area contributed by atoms with E-state index in [2.05, 4.69) is 4.72 Å². The first-order chi connectivity index (χ1) is 15.8. The summed E-state index contributed by atoms with van der Waals surface area (Å²) in [6.45, 7) is 2.29. The van der Waals surface area contributed by atoms with Crippen LogP contribution < -0.4 is 4.72 Å². The van der Waals surface area contributed by atoms with Crippen molar-refractivity contribution in [3.63, 3.8) is 0 Å². The highest BCUT2D eigenvalue weighted by Crippen LogP contribution is 2.24. The molecule has 2 fully saturated rings. The van der Waals surface area contributed by atoms with E-state index < -0.39 is 10.0 Å². The topological polar surface area (TPSA) is 96.0 Å². The summed E-state index contributed by atoms with van der Waals surface area (Å²) in [6.07, 6.45) is 1.24. The van der Waals surface area contributed by atoms with Crippen molar-refractivity contribution in [2.45, 2.75) is 30.4 Å². The molecular formula is C23H26ClN3O5S. The average Bonchev–Trinajstić information content (AvgIpc) is 3.38. The van der Waals surface area contributed by atoms with Gasteiger partial charge in [0, 0.05) is 44.9 Å². The molecule has 2 saturated heterocycles. The summed E-state index contributed by atoms with van der Waals surface area (Å²) >= 11 is 6.17. The molecule has 2 amide bonds. The third-order valence-electron chi connectivity index (χ3n) is 5.86. The molecule has 4 rings (SSSR count). The van der Waals surface area contributed by atoms with Crippen LogP contribution in [0, 0.1) is 0 Å². The summed E-state index contributed by atoms with van der Waals surface area (Å²) in [4.78, 5) is 28.8. The molecule has 1 unspecified atom stereocenters. The number of carbonyl (C=O) groups excluding carboxylic acids is 2. The van der Waals surface area contributed by atoms with Gasteiger partial charge in [0.2, 0.25) is 10.0 Å². The molecule has 2 aliphatic rings. The number of halogens is 1. The molecule has 0 bridgehead atoms. The molecule has 2 aromatic carbocycles. The second-order valence-corrected chi connectivity index (χ2v) is 10.2. The van der Waals surface area contributed by atoms with Crippen molar-refractivity contribution in [3.8, 4) is 0 Å². The van der Waals surface area contributed by atoms with Crippen molar-refractivity contribution in [2.24, 2.45) is 0 Å². The van der Waals surface area contributed by atoms with Crippen molar-refractivity contribution in [1.29, 1.82) is 0 Å². The van der Waals surface area contributed by atoms with E-state index >= 15 is 0 Å². The number of benzene rings is 2. The molecular weight excluding hydrogens is 466 g/mol. The quantitative estimate of drug-likeness (QED) is 0.668. The van der Waals surface area contributed by atoms with Gasteiger partial charge in [-0.1, -0.05) is 41.9 Å². The lowest BCUT2D eigenvalue weighted by atomic mass is 10.1. The van der Waals surface area contributed by atoms with E-state index in [9.17, 15) is 18.0 Å². The lowest BCUT2D eigenvalue weighted by Gasteiger charge is -2.35. The Bertz CT molecular complexity index is 1110. The summed E-state index contributed by atoms with van der Waals surface area (Å²) in [5, 5.41) is 0.0408. The maximum Gasteiger partial charge on any atom is 0.254 e. The summed E-state index contributed by atoms with van der Waals surface area (Å²) in [5.74, 6) is -0.320. The normalized spacial score (nSPS) is 19.0. The highest BCUT2D eigenvalue weighted by atomic mass is 35.5. The predicted molar refractivity (Wildman–Crippen MR) is 123 cm³/mol. The van der Waals surface area contributed by atoms with Crippen LogP contribution in [0.1, 0.15) is 28.8 Å². The van der Waals surface area contributed by atoms with Crippen LogP contribution in [-0.2, 0) is 26.1 Å². The van der Waals surface area contributed by atoms with Gasteiger partial charge in [0.1, 0.15) is 11.0 Å². The van der Waals surface area contributed by atoms with E-state index in [4.69, 9.17) is 16.3 Å². The van der Waals surface area contributed by atoms with E-state index in [1.807, 2.05) is 30.3 Å². The zero-order chi connectivity index (χ0) is 23.4. The Morgan fingerprint density at radius 1 is 1.03 bits per heavy atom. The smallest absolute Gasteiger partial charge is 0.254 e. The molecule has 2 heterocycles. The summed E-state index contributed by atoms with van der Waals surface area (Å²) in [5.41, 5.74) is 1.04. The van der Waals surface area contributed by atoms with Crippen LogP contribution in [0.3, 0.4) is 0 Å². The van der Waals surface area contributed by atoms with Crippen molar-refractivity contribution in [2.75, 3.05) is 32.8 Å². The number of rotatable bonds is 6. The molecule has 8 nitrogen and oxygen atoms in total. The van der Waals surface area contributed by atoms with E-state index in [-0.39, 0.29) is 39.9 Å². The number of nitrogens with one attached hydrogen (secondary N) is 1. The second kappa shape index (κ2) is 10.2. The molecule has 0 spiro atoms. The molecule has 33 heavy (non-hydrogen) atoms. The molecule has 10 heteroatoms. The summed E-state index contributed by atoms with van der Waals surface area (Å²) in [7, 11) is -3.92. The van der Waals surface area contributed by atoms with Crippen LogP contribution in [-0.4, -0.2) is 68.9 Å². The number of piperazine rings is 1. The molecule has 0 saturated carbocycles. The minimum atomic E-state index is -3.92. The van der Waals surface area contributed by atoms with Crippen molar-refractivity contribution >= 4 is 33.4 Å². The van der Waals surface area contributed by atoms with Gasteiger partial charge >= 0.3 is 0 Å². The number of nitrogens with zero attached hydrogens (tertiary/aromatic N) is 2. The van der Waals surface area contributed by atoms with Crippen molar-refractivity contribution in [3.05, 3.63) is 64.7 Å². The van der Waals surface area contributed by atoms with Crippen LogP contribution in [0.25, 0.3) is 0 Å². The fourth-order valence-corrected chi connectivity index (χ4v) is 5.52.